The molecule has 1 heterocycles. The largest absolute Gasteiger partial charge is 0.317 e. The molecule has 0 aromatic carbocycles. The van der Waals surface area contributed by atoms with Crippen LogP contribution < -0.4 is 5.32 Å². The van der Waals surface area contributed by atoms with Gasteiger partial charge in [0.05, 0.1) is 11.5 Å². The van der Waals surface area contributed by atoms with Crippen LogP contribution in [0.3, 0.4) is 0 Å². The molecule has 1 saturated heterocycles. The Morgan fingerprint density at radius 3 is 2.47 bits per heavy atom. The molecule has 4 heteroatoms. The number of hydrogen-bond donors (Lipinski definition) is 1. The standard InChI is InChI=1S/C11H23NO2S/c1-2-3-9-15(13,14)10-6-11-4-7-12-8-5-11/h11-12H,2-10H2,1H3. The van der Waals surface area contributed by atoms with E-state index in [1.165, 1.54) is 0 Å². The van der Waals surface area contributed by atoms with Gasteiger partial charge in [0.25, 0.3) is 0 Å². The van der Waals surface area contributed by atoms with Gasteiger partial charge in [-0.3, -0.25) is 0 Å². The van der Waals surface area contributed by atoms with Crippen LogP contribution in [0.25, 0.3) is 0 Å². The maximum Gasteiger partial charge on any atom is 0.150 e. The number of unbranched alkanes of at least 4 members (excludes halogenated alkanes) is 1. The highest BCUT2D eigenvalue weighted by atomic mass is 32.2. The SMILES string of the molecule is CCCCS(=O)(=O)CCC1CCNCC1. The third-order valence-corrected chi connectivity index (χ3v) is 4.87. The molecule has 15 heavy (non-hydrogen) atoms. The van der Waals surface area contributed by atoms with Crippen LogP contribution >= 0.6 is 0 Å². The van der Waals surface area contributed by atoms with Crippen molar-refractivity contribution in [1.82, 2.24) is 5.32 Å². The van der Waals surface area contributed by atoms with Crippen LogP contribution in [0.1, 0.15) is 39.0 Å². The lowest BCUT2D eigenvalue weighted by Crippen LogP contribution is -2.29. The van der Waals surface area contributed by atoms with Gasteiger partial charge in [0.15, 0.2) is 0 Å². The Bertz CT molecular complexity index is 256. The molecule has 0 aromatic heterocycles. The molecule has 0 spiro atoms. The van der Waals surface area contributed by atoms with E-state index in [0.29, 0.717) is 17.4 Å². The Morgan fingerprint density at radius 2 is 1.87 bits per heavy atom. The van der Waals surface area contributed by atoms with E-state index in [1.807, 2.05) is 6.92 Å². The van der Waals surface area contributed by atoms with Gasteiger partial charge in [0.1, 0.15) is 9.84 Å². The summed E-state index contributed by atoms with van der Waals surface area (Å²) in [7, 11) is -2.76. The van der Waals surface area contributed by atoms with Gasteiger partial charge in [-0.1, -0.05) is 13.3 Å². The zero-order valence-electron chi connectivity index (χ0n) is 9.67. The van der Waals surface area contributed by atoms with Gasteiger partial charge in [-0.05, 0) is 44.7 Å². The molecule has 0 aromatic rings. The molecule has 3 nitrogen and oxygen atoms in total. The molecule has 0 saturated carbocycles. The molecule has 0 bridgehead atoms. The summed E-state index contributed by atoms with van der Waals surface area (Å²) in [6, 6.07) is 0. The highest BCUT2D eigenvalue weighted by molar-refractivity contribution is 7.91. The van der Waals surface area contributed by atoms with E-state index in [1.54, 1.807) is 0 Å². The van der Waals surface area contributed by atoms with Gasteiger partial charge in [-0.2, -0.15) is 0 Å². The van der Waals surface area contributed by atoms with Crippen molar-refractivity contribution in [3.05, 3.63) is 0 Å². The molecule has 90 valence electrons. The predicted octanol–water partition coefficient (Wildman–Crippen LogP) is 1.59. The highest BCUT2D eigenvalue weighted by Crippen LogP contribution is 2.17. The van der Waals surface area contributed by atoms with E-state index in [9.17, 15) is 8.42 Å². The summed E-state index contributed by atoms with van der Waals surface area (Å²) in [6.45, 7) is 4.14. The van der Waals surface area contributed by atoms with Gasteiger partial charge >= 0.3 is 0 Å². The van der Waals surface area contributed by atoms with Crippen molar-refractivity contribution in [1.29, 1.82) is 0 Å². The lowest BCUT2D eigenvalue weighted by atomic mass is 9.96. The second-order valence-electron chi connectivity index (χ2n) is 4.49. The first kappa shape index (κ1) is 13.0. The maximum atomic E-state index is 11.6. The summed E-state index contributed by atoms with van der Waals surface area (Å²) in [5, 5.41) is 3.30. The van der Waals surface area contributed by atoms with Crippen LogP contribution in [0.4, 0.5) is 0 Å². The smallest absolute Gasteiger partial charge is 0.150 e. The predicted molar refractivity (Wildman–Crippen MR) is 63.8 cm³/mol. The fourth-order valence-electron chi connectivity index (χ4n) is 1.98. The molecule has 0 unspecified atom stereocenters. The normalized spacial score (nSPS) is 19.3. The Kier molecular flexibility index (Phi) is 5.61. The van der Waals surface area contributed by atoms with Crippen molar-refractivity contribution in [2.75, 3.05) is 24.6 Å². The highest BCUT2D eigenvalue weighted by Gasteiger charge is 2.17. The molecule has 0 atom stereocenters. The van der Waals surface area contributed by atoms with Crippen molar-refractivity contribution >= 4 is 9.84 Å². The zero-order chi connectivity index (χ0) is 11.1. The van der Waals surface area contributed by atoms with Crippen LogP contribution in [0.2, 0.25) is 0 Å². The Hall–Kier alpha value is -0.0900. The summed E-state index contributed by atoms with van der Waals surface area (Å²) in [4.78, 5) is 0. The Balaban J connectivity index is 2.22. The molecule has 1 aliphatic rings. The molecule has 1 N–H and O–H groups in total. The first-order valence-electron chi connectivity index (χ1n) is 6.05. The summed E-state index contributed by atoms with van der Waals surface area (Å²) in [5.41, 5.74) is 0. The van der Waals surface area contributed by atoms with Crippen LogP contribution in [-0.2, 0) is 9.84 Å². The van der Waals surface area contributed by atoms with Crippen LogP contribution in [-0.4, -0.2) is 33.0 Å². The summed E-state index contributed by atoms with van der Waals surface area (Å²) in [6.07, 6.45) is 4.93. The summed E-state index contributed by atoms with van der Waals surface area (Å²) < 4.78 is 23.2. The number of sulfone groups is 1. The van der Waals surface area contributed by atoms with Gasteiger partial charge in [0.2, 0.25) is 0 Å². The molecule has 0 amide bonds. The summed E-state index contributed by atoms with van der Waals surface area (Å²) in [5.74, 6) is 1.41. The van der Waals surface area contributed by atoms with Crippen LogP contribution in [0.5, 0.6) is 0 Å². The molecule has 1 fully saturated rings. The lowest BCUT2D eigenvalue weighted by Gasteiger charge is -2.22. The van der Waals surface area contributed by atoms with Crippen molar-refractivity contribution in [3.63, 3.8) is 0 Å². The first-order chi connectivity index (χ1) is 7.14. The Labute approximate surface area is 93.6 Å². The maximum absolute atomic E-state index is 11.6. The molecule has 0 aliphatic carbocycles. The topological polar surface area (TPSA) is 46.2 Å². The molecule has 1 aliphatic heterocycles. The van der Waals surface area contributed by atoms with Crippen LogP contribution in [0.15, 0.2) is 0 Å². The third-order valence-electron chi connectivity index (χ3n) is 3.10. The zero-order valence-corrected chi connectivity index (χ0v) is 10.5. The van der Waals surface area contributed by atoms with Crippen molar-refractivity contribution < 1.29 is 8.42 Å². The molecule has 0 radical (unpaired) electrons. The second-order valence-corrected chi connectivity index (χ2v) is 6.79. The summed E-state index contributed by atoms with van der Waals surface area (Å²) >= 11 is 0. The molecular weight excluding hydrogens is 210 g/mol. The number of nitrogens with one attached hydrogen (secondary N) is 1. The third kappa shape index (κ3) is 5.52. The van der Waals surface area contributed by atoms with Gasteiger partial charge in [-0.15, -0.1) is 0 Å². The van der Waals surface area contributed by atoms with E-state index in [-0.39, 0.29) is 0 Å². The molecule has 1 rings (SSSR count). The van der Waals surface area contributed by atoms with Crippen molar-refractivity contribution in [2.45, 2.75) is 39.0 Å². The quantitative estimate of drug-likeness (QED) is 0.758. The van der Waals surface area contributed by atoms with Gasteiger partial charge in [-0.25, -0.2) is 8.42 Å². The van der Waals surface area contributed by atoms with E-state index in [4.69, 9.17) is 0 Å². The van der Waals surface area contributed by atoms with E-state index in [2.05, 4.69) is 5.32 Å². The van der Waals surface area contributed by atoms with Gasteiger partial charge < -0.3 is 5.32 Å². The fraction of sp³-hybridized carbons (Fsp3) is 1.00. The second kappa shape index (κ2) is 6.48. The lowest BCUT2D eigenvalue weighted by molar-refractivity contribution is 0.365. The van der Waals surface area contributed by atoms with E-state index < -0.39 is 9.84 Å². The van der Waals surface area contributed by atoms with Crippen molar-refractivity contribution in [2.24, 2.45) is 5.92 Å². The number of piperidine rings is 1. The fourth-order valence-corrected chi connectivity index (χ4v) is 3.61. The monoisotopic (exact) mass is 233 g/mol. The van der Waals surface area contributed by atoms with Crippen molar-refractivity contribution in [3.8, 4) is 0 Å². The minimum atomic E-state index is -2.76. The van der Waals surface area contributed by atoms with E-state index >= 15 is 0 Å². The van der Waals surface area contributed by atoms with Gasteiger partial charge in [0, 0.05) is 0 Å². The van der Waals surface area contributed by atoms with E-state index in [0.717, 1.165) is 45.2 Å². The minimum Gasteiger partial charge on any atom is -0.317 e. The average molecular weight is 233 g/mol. The average Bonchev–Trinajstić information content (AvgIpc) is 2.25. The Morgan fingerprint density at radius 1 is 1.20 bits per heavy atom. The number of hydrogen-bond acceptors (Lipinski definition) is 3. The molecular formula is C11H23NO2S. The first-order valence-corrected chi connectivity index (χ1v) is 7.87. The number of rotatable bonds is 6. The van der Waals surface area contributed by atoms with Crippen LogP contribution in [0, 0.1) is 5.92 Å². The minimum absolute atomic E-state index is 0.383.